The highest BCUT2D eigenvalue weighted by molar-refractivity contribution is 5.94. The van der Waals surface area contributed by atoms with Crippen LogP contribution in [0.4, 0.5) is 0 Å². The van der Waals surface area contributed by atoms with E-state index < -0.39 is 0 Å². The third kappa shape index (κ3) is 2.97. The van der Waals surface area contributed by atoms with Gasteiger partial charge in [0, 0.05) is 36.5 Å². The molecule has 0 radical (unpaired) electrons. The minimum absolute atomic E-state index is 0.146. The van der Waals surface area contributed by atoms with Gasteiger partial charge in [-0.3, -0.25) is 4.79 Å². The highest BCUT2D eigenvalue weighted by atomic mass is 16.5. The highest BCUT2D eigenvalue weighted by Crippen LogP contribution is 2.30. The molecule has 5 rings (SSSR count). The lowest BCUT2D eigenvalue weighted by atomic mass is 10.1. The van der Waals surface area contributed by atoms with Gasteiger partial charge in [-0.2, -0.15) is 0 Å². The van der Waals surface area contributed by atoms with E-state index in [1.807, 2.05) is 65.4 Å². The second-order valence-corrected chi connectivity index (χ2v) is 7.04. The molecule has 140 valence electrons. The van der Waals surface area contributed by atoms with Crippen LogP contribution in [-0.4, -0.2) is 34.2 Å². The summed E-state index contributed by atoms with van der Waals surface area (Å²) >= 11 is 0. The lowest BCUT2D eigenvalue weighted by molar-refractivity contribution is 0.199. The topological polar surface area (TPSA) is 71.9 Å². The van der Waals surface area contributed by atoms with Gasteiger partial charge < -0.3 is 19.6 Å². The molecule has 0 spiro atoms. The average Bonchev–Trinajstić information content (AvgIpc) is 3.09. The molecule has 3 heterocycles. The number of nitrogens with zero attached hydrogens (tertiary/aromatic N) is 2. The summed E-state index contributed by atoms with van der Waals surface area (Å²) in [7, 11) is 0. The molecular formula is C22H20N4O2. The van der Waals surface area contributed by atoms with E-state index in [-0.39, 0.29) is 5.56 Å². The van der Waals surface area contributed by atoms with Crippen LogP contribution in [0.5, 0.6) is 5.75 Å². The van der Waals surface area contributed by atoms with E-state index in [2.05, 4.69) is 15.3 Å². The number of fused-ring (bicyclic) bond motifs is 1. The lowest BCUT2D eigenvalue weighted by Crippen LogP contribution is -2.45. The molecule has 2 N–H and O–H groups in total. The normalized spacial score (nSPS) is 14.1. The molecule has 1 saturated heterocycles. The van der Waals surface area contributed by atoms with Gasteiger partial charge in [-0.15, -0.1) is 0 Å². The number of hydrogen-bond acceptors (Lipinski definition) is 4. The fraction of sp³-hybridized carbons (Fsp3) is 0.182. The van der Waals surface area contributed by atoms with E-state index in [1.165, 1.54) is 6.33 Å². The Hall–Kier alpha value is -3.38. The Morgan fingerprint density at radius 1 is 1.07 bits per heavy atom. The molecule has 0 atom stereocenters. The Labute approximate surface area is 161 Å². The Morgan fingerprint density at radius 2 is 1.86 bits per heavy atom. The number of hydrogen-bond donors (Lipinski definition) is 2. The SMILES string of the molecule is O=c1[nH]cnc2c1c(-c1ccc(OCC3CNC3)cc1)cn2-c1ccccc1. The molecule has 0 unspecified atom stereocenters. The predicted octanol–water partition coefficient (Wildman–Crippen LogP) is 2.98. The number of benzene rings is 2. The molecule has 1 aliphatic heterocycles. The number of H-pyrrole nitrogens is 1. The maximum atomic E-state index is 12.6. The van der Waals surface area contributed by atoms with E-state index in [4.69, 9.17) is 4.74 Å². The minimum Gasteiger partial charge on any atom is -0.493 e. The van der Waals surface area contributed by atoms with Crippen molar-refractivity contribution in [2.24, 2.45) is 5.92 Å². The van der Waals surface area contributed by atoms with Crippen molar-refractivity contribution in [3.05, 3.63) is 77.5 Å². The summed E-state index contributed by atoms with van der Waals surface area (Å²) in [6, 6.07) is 17.8. The zero-order chi connectivity index (χ0) is 18.9. The maximum absolute atomic E-state index is 12.6. The quantitative estimate of drug-likeness (QED) is 0.565. The van der Waals surface area contributed by atoms with Crippen molar-refractivity contribution < 1.29 is 4.74 Å². The van der Waals surface area contributed by atoms with Crippen LogP contribution < -0.4 is 15.6 Å². The van der Waals surface area contributed by atoms with Gasteiger partial charge in [0.1, 0.15) is 5.75 Å². The highest BCUT2D eigenvalue weighted by Gasteiger charge is 2.18. The first-order chi connectivity index (χ1) is 13.8. The van der Waals surface area contributed by atoms with Gasteiger partial charge >= 0.3 is 0 Å². The molecule has 2 aromatic heterocycles. The summed E-state index contributed by atoms with van der Waals surface area (Å²) in [5, 5.41) is 3.83. The molecule has 1 fully saturated rings. The number of ether oxygens (including phenoxy) is 1. The second-order valence-electron chi connectivity index (χ2n) is 7.04. The second kappa shape index (κ2) is 6.98. The number of rotatable bonds is 5. The van der Waals surface area contributed by atoms with Gasteiger partial charge in [-0.05, 0) is 29.8 Å². The van der Waals surface area contributed by atoms with Crippen LogP contribution in [0.15, 0.2) is 71.9 Å². The van der Waals surface area contributed by atoms with Crippen LogP contribution in [0.2, 0.25) is 0 Å². The van der Waals surface area contributed by atoms with Crippen molar-refractivity contribution in [2.45, 2.75) is 0 Å². The zero-order valence-electron chi connectivity index (χ0n) is 15.3. The van der Waals surface area contributed by atoms with E-state index in [0.717, 1.165) is 42.3 Å². The molecule has 0 amide bonds. The predicted molar refractivity (Wildman–Crippen MR) is 109 cm³/mol. The molecule has 0 aliphatic carbocycles. The zero-order valence-corrected chi connectivity index (χ0v) is 15.3. The van der Waals surface area contributed by atoms with E-state index in [0.29, 0.717) is 17.0 Å². The van der Waals surface area contributed by atoms with Gasteiger partial charge in [0.05, 0.1) is 18.3 Å². The van der Waals surface area contributed by atoms with Crippen LogP contribution in [0, 0.1) is 5.92 Å². The number of aromatic amines is 1. The molecule has 6 heteroatoms. The maximum Gasteiger partial charge on any atom is 0.260 e. The van der Waals surface area contributed by atoms with Gasteiger partial charge in [0.25, 0.3) is 5.56 Å². The Bertz CT molecular complexity index is 1160. The summed E-state index contributed by atoms with van der Waals surface area (Å²) in [4.78, 5) is 19.7. The molecule has 28 heavy (non-hydrogen) atoms. The molecule has 1 aliphatic rings. The van der Waals surface area contributed by atoms with Crippen LogP contribution in [0.1, 0.15) is 0 Å². The van der Waals surface area contributed by atoms with E-state index >= 15 is 0 Å². The fourth-order valence-corrected chi connectivity index (χ4v) is 3.49. The van der Waals surface area contributed by atoms with E-state index in [1.54, 1.807) is 0 Å². The van der Waals surface area contributed by atoms with Gasteiger partial charge in [0.15, 0.2) is 5.65 Å². The summed E-state index contributed by atoms with van der Waals surface area (Å²) in [5.41, 5.74) is 3.26. The smallest absolute Gasteiger partial charge is 0.260 e. The number of para-hydroxylation sites is 1. The van der Waals surface area contributed by atoms with Crippen molar-refractivity contribution >= 4 is 11.0 Å². The summed E-state index contributed by atoms with van der Waals surface area (Å²) in [6.45, 7) is 2.77. The largest absolute Gasteiger partial charge is 0.493 e. The van der Waals surface area contributed by atoms with Crippen LogP contribution >= 0.6 is 0 Å². The van der Waals surface area contributed by atoms with E-state index in [9.17, 15) is 4.79 Å². The summed E-state index contributed by atoms with van der Waals surface area (Å²) in [6.07, 6.45) is 3.41. The summed E-state index contributed by atoms with van der Waals surface area (Å²) < 4.78 is 7.81. The van der Waals surface area contributed by atoms with Gasteiger partial charge in [-0.25, -0.2) is 4.98 Å². The molecule has 0 saturated carbocycles. The van der Waals surface area contributed by atoms with Gasteiger partial charge in [0.2, 0.25) is 0 Å². The third-order valence-electron chi connectivity index (χ3n) is 5.14. The standard InChI is InChI=1S/C22H20N4O2/c27-22-20-19(16-6-8-18(9-7-16)28-13-15-10-23-11-15)12-26(21(20)24-14-25-22)17-4-2-1-3-5-17/h1-9,12,14-15,23H,10-11,13H2,(H,24,25,27). The van der Waals surface area contributed by atoms with Crippen molar-refractivity contribution in [3.8, 4) is 22.6 Å². The van der Waals surface area contributed by atoms with Crippen molar-refractivity contribution in [2.75, 3.05) is 19.7 Å². The lowest BCUT2D eigenvalue weighted by Gasteiger charge is -2.26. The Balaban J connectivity index is 1.54. The monoisotopic (exact) mass is 372 g/mol. The average molecular weight is 372 g/mol. The first-order valence-electron chi connectivity index (χ1n) is 9.38. The minimum atomic E-state index is -0.146. The van der Waals surface area contributed by atoms with Crippen LogP contribution in [-0.2, 0) is 0 Å². The fourth-order valence-electron chi connectivity index (χ4n) is 3.49. The first-order valence-corrected chi connectivity index (χ1v) is 9.38. The summed E-state index contributed by atoms with van der Waals surface area (Å²) in [5.74, 6) is 1.43. The molecule has 0 bridgehead atoms. The van der Waals surface area contributed by atoms with Crippen molar-refractivity contribution in [3.63, 3.8) is 0 Å². The number of aromatic nitrogens is 3. The molecule has 6 nitrogen and oxygen atoms in total. The number of nitrogens with one attached hydrogen (secondary N) is 2. The Morgan fingerprint density at radius 3 is 2.57 bits per heavy atom. The van der Waals surface area contributed by atoms with Crippen molar-refractivity contribution in [1.82, 2.24) is 19.9 Å². The van der Waals surface area contributed by atoms with Crippen LogP contribution in [0.3, 0.4) is 0 Å². The molecule has 2 aromatic carbocycles. The molecule has 4 aromatic rings. The van der Waals surface area contributed by atoms with Gasteiger partial charge in [-0.1, -0.05) is 30.3 Å². The van der Waals surface area contributed by atoms with Crippen molar-refractivity contribution in [1.29, 1.82) is 0 Å². The Kier molecular flexibility index (Phi) is 4.18. The van der Waals surface area contributed by atoms with Crippen LogP contribution in [0.25, 0.3) is 27.8 Å². The molecular weight excluding hydrogens is 352 g/mol. The first kappa shape index (κ1) is 16.8. The third-order valence-corrected chi connectivity index (χ3v) is 5.14.